The highest BCUT2D eigenvalue weighted by molar-refractivity contribution is 9.09. The number of hydrogen-bond acceptors (Lipinski definition) is 1. The second-order valence-electron chi connectivity index (χ2n) is 3.54. The normalized spacial score (nSPS) is 12.1. The molecule has 0 bridgehead atoms. The molecule has 3 heteroatoms. The van der Waals surface area contributed by atoms with Gasteiger partial charge >= 0.3 is 0 Å². The Kier molecular flexibility index (Phi) is 6.45. The minimum Gasteiger partial charge on any atom is -0.260 e. The molecule has 1 aromatic heterocycles. The highest BCUT2D eigenvalue weighted by Crippen LogP contribution is 2.17. The summed E-state index contributed by atoms with van der Waals surface area (Å²) in [6.07, 6.45) is 8.05. The van der Waals surface area contributed by atoms with Crippen molar-refractivity contribution in [3.63, 3.8) is 0 Å². The van der Waals surface area contributed by atoms with Crippen LogP contribution in [0.1, 0.15) is 18.2 Å². The first-order valence-corrected chi connectivity index (χ1v) is 7.55. The average molecular weight is 357 g/mol. The second-order valence-corrected chi connectivity index (χ2v) is 4.66. The van der Waals surface area contributed by atoms with E-state index < -0.39 is 0 Å². The van der Waals surface area contributed by atoms with Gasteiger partial charge in [-0.3, -0.25) is 4.98 Å². The van der Waals surface area contributed by atoms with E-state index in [0.717, 1.165) is 33.1 Å². The zero-order valence-electron chi connectivity index (χ0n) is 9.79. The summed E-state index contributed by atoms with van der Waals surface area (Å²) in [4.78, 5) is 4.36. The van der Waals surface area contributed by atoms with E-state index in [1.807, 2.05) is 25.3 Å². The number of alkyl halides is 2. The van der Waals surface area contributed by atoms with Gasteiger partial charge in [-0.1, -0.05) is 62.7 Å². The highest BCUT2D eigenvalue weighted by Gasteiger charge is 1.98. The fourth-order valence-electron chi connectivity index (χ4n) is 1.29. The molecule has 0 aliphatic heterocycles. The summed E-state index contributed by atoms with van der Waals surface area (Å²) < 4.78 is 0. The molecule has 0 saturated heterocycles. The highest BCUT2D eigenvalue weighted by atomic mass is 79.9. The first-order valence-electron chi connectivity index (χ1n) is 5.30. The molecule has 1 aromatic rings. The maximum Gasteiger partial charge on any atom is 0.0509 e. The van der Waals surface area contributed by atoms with Crippen molar-refractivity contribution in [2.45, 2.75) is 12.3 Å². The summed E-state index contributed by atoms with van der Waals surface area (Å²) in [5.41, 5.74) is 4.36. The Morgan fingerprint density at radius 1 is 1.35 bits per heavy atom. The zero-order chi connectivity index (χ0) is 12.7. The summed E-state index contributed by atoms with van der Waals surface area (Å²) in [5, 5.41) is 1.58. The van der Waals surface area contributed by atoms with Crippen molar-refractivity contribution < 1.29 is 0 Å². The fraction of sp³-hybridized carbons (Fsp3) is 0.214. The van der Waals surface area contributed by atoms with E-state index in [1.165, 1.54) is 0 Å². The van der Waals surface area contributed by atoms with Crippen LogP contribution in [0.15, 0.2) is 48.7 Å². The first kappa shape index (κ1) is 14.4. The number of allylic oxidation sites excluding steroid dienone is 5. The Hall–Kier alpha value is -0.670. The third-order valence-corrected chi connectivity index (χ3v) is 3.57. The molecule has 0 atom stereocenters. The van der Waals surface area contributed by atoms with Crippen LogP contribution in [0, 0.1) is 0 Å². The van der Waals surface area contributed by atoms with Gasteiger partial charge in [0.05, 0.1) is 5.69 Å². The molecular weight excluding hydrogens is 342 g/mol. The molecule has 0 aliphatic rings. The Balaban J connectivity index is 2.87. The molecule has 90 valence electrons. The average Bonchev–Trinajstić information content (AvgIpc) is 2.39. The van der Waals surface area contributed by atoms with E-state index in [1.54, 1.807) is 0 Å². The predicted molar refractivity (Wildman–Crippen MR) is 82.6 cm³/mol. The van der Waals surface area contributed by atoms with Crippen LogP contribution in [-0.4, -0.2) is 10.3 Å². The number of pyridine rings is 1. The van der Waals surface area contributed by atoms with Gasteiger partial charge in [0.15, 0.2) is 0 Å². The maximum atomic E-state index is 4.36. The Bertz CT molecular complexity index is 430. The molecule has 1 nitrogen and oxygen atoms in total. The van der Waals surface area contributed by atoms with Gasteiger partial charge in [0.1, 0.15) is 0 Å². The van der Waals surface area contributed by atoms with E-state index in [9.17, 15) is 0 Å². The number of aromatic nitrogens is 1. The lowest BCUT2D eigenvalue weighted by Crippen LogP contribution is -1.88. The Labute approximate surface area is 120 Å². The van der Waals surface area contributed by atoms with Crippen molar-refractivity contribution in [1.82, 2.24) is 4.98 Å². The van der Waals surface area contributed by atoms with Gasteiger partial charge in [0, 0.05) is 16.9 Å². The molecule has 0 N–H and O–H groups in total. The van der Waals surface area contributed by atoms with Gasteiger partial charge < -0.3 is 0 Å². The number of rotatable bonds is 5. The zero-order valence-corrected chi connectivity index (χ0v) is 13.0. The van der Waals surface area contributed by atoms with Crippen molar-refractivity contribution in [3.8, 4) is 0 Å². The monoisotopic (exact) mass is 355 g/mol. The summed E-state index contributed by atoms with van der Waals surface area (Å²) in [6.45, 7) is 5.94. The number of halogens is 2. The summed E-state index contributed by atoms with van der Waals surface area (Å²) in [7, 11) is 0. The minimum absolute atomic E-state index is 0.786. The molecule has 1 rings (SSSR count). The molecule has 0 fully saturated rings. The van der Waals surface area contributed by atoms with Gasteiger partial charge in [-0.05, 0) is 29.7 Å². The third-order valence-electron chi connectivity index (χ3n) is 2.28. The number of nitrogens with zero attached hydrogens (tertiary/aromatic N) is 1. The van der Waals surface area contributed by atoms with E-state index >= 15 is 0 Å². The second kappa shape index (κ2) is 7.62. The smallest absolute Gasteiger partial charge is 0.0509 e. The molecule has 0 saturated carbocycles. The van der Waals surface area contributed by atoms with Crippen LogP contribution in [0.4, 0.5) is 0 Å². The van der Waals surface area contributed by atoms with Crippen molar-refractivity contribution in [2.75, 3.05) is 5.33 Å². The molecule has 0 radical (unpaired) electrons. The summed E-state index contributed by atoms with van der Waals surface area (Å²) >= 11 is 6.76. The lowest BCUT2D eigenvalue weighted by Gasteiger charge is -2.03. The van der Waals surface area contributed by atoms with E-state index in [4.69, 9.17) is 0 Å². The Morgan fingerprint density at radius 3 is 2.59 bits per heavy atom. The van der Waals surface area contributed by atoms with Crippen LogP contribution in [0.25, 0.3) is 5.57 Å². The van der Waals surface area contributed by atoms with Crippen molar-refractivity contribution in [3.05, 3.63) is 60.0 Å². The molecule has 0 spiro atoms. The van der Waals surface area contributed by atoms with Gasteiger partial charge in [-0.25, -0.2) is 0 Å². The quantitative estimate of drug-likeness (QED) is 0.540. The third kappa shape index (κ3) is 4.60. The summed E-state index contributed by atoms with van der Waals surface area (Å²) in [6, 6.07) is 4.11. The molecule has 0 aromatic carbocycles. The van der Waals surface area contributed by atoms with Gasteiger partial charge in [-0.15, -0.1) is 0 Å². The van der Waals surface area contributed by atoms with E-state index in [2.05, 4.69) is 61.6 Å². The molecule has 0 amide bonds. The van der Waals surface area contributed by atoms with Crippen LogP contribution >= 0.6 is 31.9 Å². The van der Waals surface area contributed by atoms with Crippen molar-refractivity contribution in [2.24, 2.45) is 0 Å². The molecule has 0 unspecified atom stereocenters. The van der Waals surface area contributed by atoms with Gasteiger partial charge in [-0.2, -0.15) is 0 Å². The lowest BCUT2D eigenvalue weighted by atomic mass is 10.1. The molecular formula is C14H15Br2N. The van der Waals surface area contributed by atoms with Crippen LogP contribution < -0.4 is 0 Å². The number of hydrogen-bond donors (Lipinski definition) is 0. The van der Waals surface area contributed by atoms with Gasteiger partial charge in [0.2, 0.25) is 0 Å². The van der Waals surface area contributed by atoms with E-state index in [-0.39, 0.29) is 0 Å². The predicted octanol–water partition coefficient (Wildman–Crippen LogP) is 4.89. The lowest BCUT2D eigenvalue weighted by molar-refractivity contribution is 1.18. The summed E-state index contributed by atoms with van der Waals surface area (Å²) in [5.74, 6) is 0. The van der Waals surface area contributed by atoms with Crippen LogP contribution in [-0.2, 0) is 5.33 Å². The molecule has 1 heterocycles. The SMILES string of the molecule is C=C(/C=C\C(=C/C)c1ccc(CBr)nc1)CBr. The fourth-order valence-corrected chi connectivity index (χ4v) is 1.80. The van der Waals surface area contributed by atoms with Crippen molar-refractivity contribution >= 4 is 37.4 Å². The minimum atomic E-state index is 0.786. The first-order chi connectivity index (χ1) is 8.21. The van der Waals surface area contributed by atoms with Gasteiger partial charge in [0.25, 0.3) is 0 Å². The standard InChI is InChI=1S/C14H15Br2N/c1-3-12(5-4-11(2)8-15)13-6-7-14(9-16)17-10-13/h3-7,10H,2,8-9H2,1H3/b5-4-,12-3+. The van der Waals surface area contributed by atoms with Crippen LogP contribution in [0.5, 0.6) is 0 Å². The van der Waals surface area contributed by atoms with Crippen LogP contribution in [0.2, 0.25) is 0 Å². The van der Waals surface area contributed by atoms with Crippen LogP contribution in [0.3, 0.4) is 0 Å². The Morgan fingerprint density at radius 2 is 2.12 bits per heavy atom. The topological polar surface area (TPSA) is 12.9 Å². The molecule has 17 heavy (non-hydrogen) atoms. The van der Waals surface area contributed by atoms with Crippen molar-refractivity contribution in [1.29, 1.82) is 0 Å². The molecule has 0 aliphatic carbocycles. The largest absolute Gasteiger partial charge is 0.260 e. The van der Waals surface area contributed by atoms with E-state index in [0.29, 0.717) is 0 Å². The maximum absolute atomic E-state index is 4.36.